The summed E-state index contributed by atoms with van der Waals surface area (Å²) in [5.41, 5.74) is 2.23. The Balaban J connectivity index is 1.73. The number of primary sulfonamides is 1. The summed E-state index contributed by atoms with van der Waals surface area (Å²) in [7, 11) is -3.94. The Morgan fingerprint density at radius 2 is 1.67 bits per heavy atom. The average molecular weight is 420 g/mol. The minimum atomic E-state index is -3.94. The molecule has 7 heteroatoms. The number of nitrogens with two attached hydrogens (primary N) is 1. The molecular formula is C23H20N2O4S. The molecule has 0 aliphatic heterocycles. The zero-order valence-corrected chi connectivity index (χ0v) is 17.0. The number of amides is 1. The molecule has 0 radical (unpaired) electrons. The minimum Gasteiger partial charge on any atom is -0.459 e. The molecule has 0 aliphatic carbocycles. The Kier molecular flexibility index (Phi) is 5.15. The smallest absolute Gasteiger partial charge is 0.252 e. The first-order valence-corrected chi connectivity index (χ1v) is 10.9. The lowest BCUT2D eigenvalue weighted by Gasteiger charge is -2.18. The van der Waals surface area contributed by atoms with Crippen molar-refractivity contribution in [2.45, 2.75) is 17.9 Å². The third kappa shape index (κ3) is 3.98. The third-order valence-electron chi connectivity index (χ3n) is 4.89. The van der Waals surface area contributed by atoms with Gasteiger partial charge in [0.1, 0.15) is 17.4 Å². The number of carbonyl (C=O) groups excluding carboxylic acids is 1. The molecule has 6 nitrogen and oxygen atoms in total. The van der Waals surface area contributed by atoms with Crippen LogP contribution in [0.5, 0.6) is 0 Å². The fraction of sp³-hybridized carbons (Fsp3) is 0.0870. The molecule has 0 bridgehead atoms. The molecule has 0 fully saturated rings. The molecule has 0 saturated carbocycles. The number of para-hydroxylation sites is 1. The fourth-order valence-corrected chi connectivity index (χ4v) is 4.18. The first-order chi connectivity index (χ1) is 14.3. The second-order valence-corrected chi connectivity index (χ2v) is 8.56. The van der Waals surface area contributed by atoms with E-state index in [4.69, 9.17) is 9.56 Å². The molecule has 152 valence electrons. The summed E-state index contributed by atoms with van der Waals surface area (Å²) >= 11 is 0. The van der Waals surface area contributed by atoms with Crippen LogP contribution in [0.2, 0.25) is 0 Å². The molecule has 1 amide bonds. The number of rotatable bonds is 5. The van der Waals surface area contributed by atoms with Crippen LogP contribution in [0.25, 0.3) is 11.0 Å². The number of benzene rings is 3. The van der Waals surface area contributed by atoms with E-state index in [-0.39, 0.29) is 10.5 Å². The summed E-state index contributed by atoms with van der Waals surface area (Å²) in [4.78, 5) is 12.9. The Hall–Kier alpha value is -3.42. The quantitative estimate of drug-likeness (QED) is 0.511. The fourth-order valence-electron chi connectivity index (χ4n) is 3.37. The molecule has 0 saturated heterocycles. The molecule has 1 aromatic heterocycles. The van der Waals surface area contributed by atoms with E-state index in [9.17, 15) is 13.2 Å². The van der Waals surface area contributed by atoms with Crippen molar-refractivity contribution in [1.82, 2.24) is 5.32 Å². The van der Waals surface area contributed by atoms with E-state index in [0.717, 1.165) is 16.5 Å². The lowest BCUT2D eigenvalue weighted by molar-refractivity contribution is 0.0939. The predicted octanol–water partition coefficient (Wildman–Crippen LogP) is 3.91. The molecule has 3 N–H and O–H groups in total. The zero-order valence-electron chi connectivity index (χ0n) is 16.2. The lowest BCUT2D eigenvalue weighted by atomic mass is 10.0. The monoisotopic (exact) mass is 420 g/mol. The van der Waals surface area contributed by atoms with Crippen molar-refractivity contribution in [2.75, 3.05) is 0 Å². The van der Waals surface area contributed by atoms with Gasteiger partial charge in [0, 0.05) is 10.9 Å². The van der Waals surface area contributed by atoms with Crippen molar-refractivity contribution >= 4 is 26.9 Å². The average Bonchev–Trinajstić information content (AvgIpc) is 3.16. The Labute approximate surface area is 174 Å². The van der Waals surface area contributed by atoms with Gasteiger partial charge in [-0.2, -0.15) is 0 Å². The SMILES string of the molecule is Cc1ccc(C(=O)NC(c2ccccc2)c2cc3ccccc3o2)cc1S(N)(=O)=O. The van der Waals surface area contributed by atoms with E-state index in [1.807, 2.05) is 60.7 Å². The minimum absolute atomic E-state index is 0.0739. The Bertz CT molecular complexity index is 1290. The summed E-state index contributed by atoms with van der Waals surface area (Å²) in [6.07, 6.45) is 0. The molecule has 30 heavy (non-hydrogen) atoms. The molecule has 1 atom stereocenters. The van der Waals surface area contributed by atoms with Crippen LogP contribution in [-0.4, -0.2) is 14.3 Å². The van der Waals surface area contributed by atoms with Gasteiger partial charge in [-0.15, -0.1) is 0 Å². The number of hydrogen-bond donors (Lipinski definition) is 2. The molecule has 0 spiro atoms. The summed E-state index contributed by atoms with van der Waals surface area (Å²) in [6.45, 7) is 1.63. The second kappa shape index (κ2) is 7.78. The maximum absolute atomic E-state index is 13.0. The zero-order chi connectivity index (χ0) is 21.3. The second-order valence-electron chi connectivity index (χ2n) is 7.03. The summed E-state index contributed by atoms with van der Waals surface area (Å²) in [5, 5.41) is 9.16. The van der Waals surface area contributed by atoms with Gasteiger partial charge in [-0.1, -0.05) is 54.6 Å². The Morgan fingerprint density at radius 1 is 0.967 bits per heavy atom. The van der Waals surface area contributed by atoms with Gasteiger partial charge in [0.05, 0.1) is 4.90 Å². The van der Waals surface area contributed by atoms with E-state index in [0.29, 0.717) is 11.3 Å². The normalized spacial score (nSPS) is 12.6. The molecule has 4 rings (SSSR count). The molecular weight excluding hydrogens is 400 g/mol. The van der Waals surface area contributed by atoms with Crippen molar-refractivity contribution in [2.24, 2.45) is 5.14 Å². The van der Waals surface area contributed by atoms with Crippen LogP contribution >= 0.6 is 0 Å². The van der Waals surface area contributed by atoms with Crippen LogP contribution < -0.4 is 10.5 Å². The molecule has 1 heterocycles. The van der Waals surface area contributed by atoms with Crippen molar-refractivity contribution in [3.05, 3.63) is 101 Å². The van der Waals surface area contributed by atoms with Gasteiger partial charge in [-0.3, -0.25) is 4.79 Å². The summed E-state index contributed by atoms with van der Waals surface area (Å²) in [6, 6.07) is 22.8. The van der Waals surface area contributed by atoms with Gasteiger partial charge in [0.15, 0.2) is 0 Å². The van der Waals surface area contributed by atoms with Crippen LogP contribution in [-0.2, 0) is 10.0 Å². The highest BCUT2D eigenvalue weighted by Gasteiger charge is 2.23. The van der Waals surface area contributed by atoms with Crippen LogP contribution in [0.4, 0.5) is 0 Å². The van der Waals surface area contributed by atoms with Gasteiger partial charge < -0.3 is 9.73 Å². The highest BCUT2D eigenvalue weighted by molar-refractivity contribution is 7.89. The van der Waals surface area contributed by atoms with Crippen molar-refractivity contribution < 1.29 is 17.6 Å². The highest BCUT2D eigenvalue weighted by Crippen LogP contribution is 2.29. The first kappa shape index (κ1) is 19.9. The van der Waals surface area contributed by atoms with E-state index < -0.39 is 22.0 Å². The summed E-state index contributed by atoms with van der Waals surface area (Å²) in [5.74, 6) is 0.142. The van der Waals surface area contributed by atoms with Crippen LogP contribution in [0.1, 0.15) is 33.3 Å². The largest absolute Gasteiger partial charge is 0.459 e. The van der Waals surface area contributed by atoms with E-state index in [1.165, 1.54) is 6.07 Å². The van der Waals surface area contributed by atoms with Crippen LogP contribution in [0.15, 0.2) is 88.2 Å². The standard InChI is InChI=1S/C23H20N2O4S/c1-15-11-12-18(14-21(15)30(24,27)28)23(26)25-22(16-7-3-2-4-8-16)20-13-17-9-5-6-10-19(17)29-20/h2-14,22H,1H3,(H,25,26)(H2,24,27,28). The van der Waals surface area contributed by atoms with Crippen molar-refractivity contribution in [1.29, 1.82) is 0 Å². The molecule has 0 aliphatic rings. The Morgan fingerprint density at radius 3 is 2.37 bits per heavy atom. The van der Waals surface area contributed by atoms with E-state index >= 15 is 0 Å². The lowest BCUT2D eigenvalue weighted by Crippen LogP contribution is -2.29. The number of sulfonamides is 1. The number of fused-ring (bicyclic) bond motifs is 1. The van der Waals surface area contributed by atoms with Gasteiger partial charge in [0.25, 0.3) is 5.91 Å². The first-order valence-electron chi connectivity index (χ1n) is 9.30. The maximum Gasteiger partial charge on any atom is 0.252 e. The molecule has 4 aromatic rings. The number of nitrogens with one attached hydrogen (secondary N) is 1. The maximum atomic E-state index is 13.0. The van der Waals surface area contributed by atoms with E-state index in [2.05, 4.69) is 5.32 Å². The van der Waals surface area contributed by atoms with Crippen LogP contribution in [0, 0.1) is 6.92 Å². The number of hydrogen-bond acceptors (Lipinski definition) is 4. The number of carbonyl (C=O) groups is 1. The predicted molar refractivity (Wildman–Crippen MR) is 115 cm³/mol. The molecule has 1 unspecified atom stereocenters. The van der Waals surface area contributed by atoms with Gasteiger partial charge in [-0.25, -0.2) is 13.6 Å². The van der Waals surface area contributed by atoms with Crippen molar-refractivity contribution in [3.63, 3.8) is 0 Å². The number of furan rings is 1. The summed E-state index contributed by atoms with van der Waals surface area (Å²) < 4.78 is 29.6. The van der Waals surface area contributed by atoms with Crippen molar-refractivity contribution in [3.8, 4) is 0 Å². The third-order valence-corrected chi connectivity index (χ3v) is 5.95. The highest BCUT2D eigenvalue weighted by atomic mass is 32.2. The molecule has 3 aromatic carbocycles. The van der Waals surface area contributed by atoms with Crippen LogP contribution in [0.3, 0.4) is 0 Å². The van der Waals surface area contributed by atoms with Gasteiger partial charge in [0.2, 0.25) is 10.0 Å². The number of aryl methyl sites for hydroxylation is 1. The van der Waals surface area contributed by atoms with Gasteiger partial charge >= 0.3 is 0 Å². The van der Waals surface area contributed by atoms with E-state index in [1.54, 1.807) is 19.1 Å². The topological polar surface area (TPSA) is 102 Å². The van der Waals surface area contributed by atoms with Gasteiger partial charge in [-0.05, 0) is 42.3 Å².